The summed E-state index contributed by atoms with van der Waals surface area (Å²) in [6.45, 7) is 5.09. The summed E-state index contributed by atoms with van der Waals surface area (Å²) in [4.78, 5) is 1.32. The van der Waals surface area contributed by atoms with Crippen LogP contribution in [-0.2, 0) is 0 Å². The number of aryl methyl sites for hydroxylation is 2. The average molecular weight is 245 g/mol. The predicted molar refractivity (Wildman–Crippen MR) is 72.1 cm³/mol. The number of hydrogen-bond acceptors (Lipinski definition) is 3. The largest absolute Gasteiger partial charge is 0.481 e. The van der Waals surface area contributed by atoms with Gasteiger partial charge in [-0.3, -0.25) is 0 Å². The number of para-hydroxylation sites is 1. The third-order valence-corrected chi connectivity index (χ3v) is 4.27. The van der Waals surface area contributed by atoms with Crippen molar-refractivity contribution >= 4 is 17.0 Å². The molecule has 2 aromatic rings. The topological polar surface area (TPSA) is 21.3 Å². The fraction of sp³-hybridized carbons (Fsp3) is 0.286. The van der Waals surface area contributed by atoms with Crippen LogP contribution in [0.4, 0.5) is 5.69 Å². The van der Waals surface area contributed by atoms with Crippen molar-refractivity contribution in [3.63, 3.8) is 0 Å². The Morgan fingerprint density at radius 2 is 2.12 bits per heavy atom. The molecule has 2 heterocycles. The number of hydrogen-bond donors (Lipinski definition) is 1. The van der Waals surface area contributed by atoms with Crippen LogP contribution in [0.25, 0.3) is 0 Å². The summed E-state index contributed by atoms with van der Waals surface area (Å²) < 4.78 is 6.09. The molecule has 1 unspecified atom stereocenters. The van der Waals surface area contributed by atoms with E-state index in [1.165, 1.54) is 16.0 Å². The second-order valence-electron chi connectivity index (χ2n) is 4.40. The van der Waals surface area contributed by atoms with Crippen LogP contribution in [0.15, 0.2) is 29.6 Å². The van der Waals surface area contributed by atoms with Crippen molar-refractivity contribution in [1.29, 1.82) is 0 Å². The van der Waals surface area contributed by atoms with Crippen LogP contribution in [0.3, 0.4) is 0 Å². The SMILES string of the molecule is Cc1ccsc1C1CNc2c(C)cccc2O1. The molecule has 0 radical (unpaired) electrons. The fourth-order valence-electron chi connectivity index (χ4n) is 2.22. The Morgan fingerprint density at radius 3 is 2.88 bits per heavy atom. The summed E-state index contributed by atoms with van der Waals surface area (Å²) in [6, 6.07) is 8.32. The van der Waals surface area contributed by atoms with Crippen molar-refractivity contribution in [2.45, 2.75) is 20.0 Å². The third-order valence-electron chi connectivity index (χ3n) is 3.16. The first-order valence-electron chi connectivity index (χ1n) is 5.80. The molecule has 1 atom stereocenters. The van der Waals surface area contributed by atoms with Crippen LogP contribution in [0, 0.1) is 13.8 Å². The van der Waals surface area contributed by atoms with Gasteiger partial charge >= 0.3 is 0 Å². The van der Waals surface area contributed by atoms with Gasteiger partial charge in [0.1, 0.15) is 5.75 Å². The summed E-state index contributed by atoms with van der Waals surface area (Å²) in [6.07, 6.45) is 0.143. The minimum absolute atomic E-state index is 0.143. The highest BCUT2D eigenvalue weighted by Gasteiger charge is 2.23. The summed E-state index contributed by atoms with van der Waals surface area (Å²) in [7, 11) is 0. The average Bonchev–Trinajstić information content (AvgIpc) is 2.75. The van der Waals surface area contributed by atoms with Crippen LogP contribution in [0.1, 0.15) is 22.1 Å². The lowest BCUT2D eigenvalue weighted by Gasteiger charge is -2.28. The molecule has 0 spiro atoms. The van der Waals surface area contributed by atoms with Gasteiger partial charge in [0.25, 0.3) is 0 Å². The van der Waals surface area contributed by atoms with Gasteiger partial charge in [-0.05, 0) is 42.5 Å². The Hall–Kier alpha value is -1.48. The Labute approximate surface area is 105 Å². The Morgan fingerprint density at radius 1 is 1.24 bits per heavy atom. The van der Waals surface area contributed by atoms with Crippen molar-refractivity contribution in [2.75, 3.05) is 11.9 Å². The van der Waals surface area contributed by atoms with Gasteiger partial charge in [-0.1, -0.05) is 12.1 Å². The summed E-state index contributed by atoms with van der Waals surface area (Å²) in [5.74, 6) is 0.967. The summed E-state index contributed by atoms with van der Waals surface area (Å²) in [5, 5.41) is 5.60. The fourth-order valence-corrected chi connectivity index (χ4v) is 3.17. The van der Waals surface area contributed by atoms with Gasteiger partial charge in [-0.15, -0.1) is 11.3 Å². The van der Waals surface area contributed by atoms with E-state index in [0.29, 0.717) is 0 Å². The first-order valence-corrected chi connectivity index (χ1v) is 6.68. The second kappa shape index (κ2) is 4.08. The molecule has 0 bridgehead atoms. The van der Waals surface area contributed by atoms with Gasteiger partial charge in [-0.2, -0.15) is 0 Å². The molecule has 1 aromatic heterocycles. The van der Waals surface area contributed by atoms with E-state index in [1.54, 1.807) is 11.3 Å². The van der Waals surface area contributed by atoms with Gasteiger partial charge in [0, 0.05) is 4.88 Å². The number of ether oxygens (including phenoxy) is 1. The number of rotatable bonds is 1. The van der Waals surface area contributed by atoms with Crippen molar-refractivity contribution in [3.05, 3.63) is 45.6 Å². The second-order valence-corrected chi connectivity index (χ2v) is 5.35. The molecule has 3 heteroatoms. The molecule has 1 aliphatic heterocycles. The van der Waals surface area contributed by atoms with E-state index in [2.05, 4.69) is 36.7 Å². The van der Waals surface area contributed by atoms with E-state index in [4.69, 9.17) is 4.74 Å². The molecule has 1 aliphatic rings. The zero-order chi connectivity index (χ0) is 11.8. The maximum atomic E-state index is 6.09. The number of nitrogens with one attached hydrogen (secondary N) is 1. The van der Waals surface area contributed by atoms with Crippen molar-refractivity contribution in [1.82, 2.24) is 0 Å². The molecular formula is C14H15NOS. The van der Waals surface area contributed by atoms with Gasteiger partial charge in [0.15, 0.2) is 6.10 Å². The lowest BCUT2D eigenvalue weighted by molar-refractivity contribution is 0.213. The molecule has 0 aliphatic carbocycles. The zero-order valence-electron chi connectivity index (χ0n) is 9.99. The van der Waals surface area contributed by atoms with E-state index in [-0.39, 0.29) is 6.10 Å². The molecule has 1 aromatic carbocycles. The molecule has 0 fully saturated rings. The van der Waals surface area contributed by atoms with Crippen molar-refractivity contribution in [3.8, 4) is 5.75 Å². The standard InChI is InChI=1S/C14H15NOS/c1-9-4-3-5-11-13(9)15-8-12(16-11)14-10(2)6-7-17-14/h3-7,12,15H,8H2,1-2H3. The number of anilines is 1. The highest BCUT2D eigenvalue weighted by Crippen LogP contribution is 2.38. The van der Waals surface area contributed by atoms with Gasteiger partial charge in [-0.25, -0.2) is 0 Å². The molecule has 88 valence electrons. The normalized spacial score (nSPS) is 18.1. The molecule has 0 saturated heterocycles. The minimum atomic E-state index is 0.143. The Kier molecular flexibility index (Phi) is 2.56. The summed E-state index contributed by atoms with van der Waals surface area (Å²) in [5.41, 5.74) is 3.69. The molecule has 3 rings (SSSR count). The van der Waals surface area contributed by atoms with Crippen molar-refractivity contribution in [2.24, 2.45) is 0 Å². The van der Waals surface area contributed by atoms with E-state index in [1.807, 2.05) is 12.1 Å². The Bertz CT molecular complexity index is 547. The molecule has 1 N–H and O–H groups in total. The number of thiophene rings is 1. The van der Waals surface area contributed by atoms with E-state index in [9.17, 15) is 0 Å². The van der Waals surface area contributed by atoms with Crippen LogP contribution in [0.2, 0.25) is 0 Å². The van der Waals surface area contributed by atoms with Crippen LogP contribution in [-0.4, -0.2) is 6.54 Å². The lowest BCUT2D eigenvalue weighted by atomic mass is 10.1. The summed E-state index contributed by atoms with van der Waals surface area (Å²) >= 11 is 1.77. The highest BCUT2D eigenvalue weighted by molar-refractivity contribution is 7.10. The van der Waals surface area contributed by atoms with Crippen molar-refractivity contribution < 1.29 is 4.74 Å². The van der Waals surface area contributed by atoms with Gasteiger partial charge < -0.3 is 10.1 Å². The Balaban J connectivity index is 1.94. The smallest absolute Gasteiger partial charge is 0.150 e. The first kappa shape index (κ1) is 10.7. The maximum absolute atomic E-state index is 6.09. The van der Waals surface area contributed by atoms with Gasteiger partial charge in [0.05, 0.1) is 12.2 Å². The minimum Gasteiger partial charge on any atom is -0.481 e. The molecule has 0 saturated carbocycles. The molecule has 2 nitrogen and oxygen atoms in total. The molecule has 17 heavy (non-hydrogen) atoms. The van der Waals surface area contributed by atoms with Crippen LogP contribution >= 0.6 is 11.3 Å². The van der Waals surface area contributed by atoms with E-state index < -0.39 is 0 Å². The van der Waals surface area contributed by atoms with E-state index in [0.717, 1.165) is 18.0 Å². The maximum Gasteiger partial charge on any atom is 0.150 e. The van der Waals surface area contributed by atoms with Crippen LogP contribution < -0.4 is 10.1 Å². The van der Waals surface area contributed by atoms with Gasteiger partial charge in [0.2, 0.25) is 0 Å². The number of fused-ring (bicyclic) bond motifs is 1. The highest BCUT2D eigenvalue weighted by atomic mass is 32.1. The van der Waals surface area contributed by atoms with Crippen LogP contribution in [0.5, 0.6) is 5.75 Å². The molecule has 0 amide bonds. The first-order chi connectivity index (χ1) is 8.25. The predicted octanol–water partition coefficient (Wildman–Crippen LogP) is 3.91. The number of benzene rings is 1. The third kappa shape index (κ3) is 1.80. The zero-order valence-corrected chi connectivity index (χ0v) is 10.8. The quantitative estimate of drug-likeness (QED) is 0.822. The monoisotopic (exact) mass is 245 g/mol. The van der Waals surface area contributed by atoms with E-state index >= 15 is 0 Å². The molecular weight excluding hydrogens is 230 g/mol. The lowest BCUT2D eigenvalue weighted by Crippen LogP contribution is -2.23.